The minimum absolute atomic E-state index is 0.309. The minimum Gasteiger partial charge on any atom is -0.477 e. The van der Waals surface area contributed by atoms with E-state index in [2.05, 4.69) is 4.98 Å². The Labute approximate surface area is 114 Å². The van der Waals surface area contributed by atoms with Crippen LogP contribution in [0.1, 0.15) is 27.9 Å². The maximum Gasteiger partial charge on any atom is 0.347 e. The predicted molar refractivity (Wildman–Crippen MR) is 73.6 cm³/mol. The Balaban J connectivity index is 2.50. The Bertz CT molecular complexity index is 607. The quantitative estimate of drug-likeness (QED) is 0.924. The lowest BCUT2D eigenvalue weighted by Crippen LogP contribution is -1.97. The molecule has 2 rings (SSSR count). The fourth-order valence-electron chi connectivity index (χ4n) is 1.61. The lowest BCUT2D eigenvalue weighted by molar-refractivity contribution is 0.0701. The molecule has 0 unspecified atom stereocenters. The van der Waals surface area contributed by atoms with Crippen molar-refractivity contribution in [2.24, 2.45) is 0 Å². The number of thiazole rings is 1. The van der Waals surface area contributed by atoms with Gasteiger partial charge in [0.25, 0.3) is 0 Å². The molecule has 1 aromatic heterocycles. The molecule has 2 aromatic rings. The number of hydrogen-bond donors (Lipinski definition) is 1. The first-order valence-corrected chi connectivity index (χ1v) is 6.72. The third-order valence-electron chi connectivity index (χ3n) is 2.65. The summed E-state index contributed by atoms with van der Waals surface area (Å²) < 4.78 is 0. The molecule has 18 heavy (non-hydrogen) atoms. The molecule has 0 fully saturated rings. The molecule has 0 spiro atoms. The number of benzene rings is 1. The van der Waals surface area contributed by atoms with Gasteiger partial charge in [-0.2, -0.15) is 0 Å². The first-order chi connectivity index (χ1) is 8.52. The Morgan fingerprint density at radius 3 is 2.72 bits per heavy atom. The summed E-state index contributed by atoms with van der Waals surface area (Å²) in [7, 11) is 0. The van der Waals surface area contributed by atoms with Crippen LogP contribution in [0.25, 0.3) is 10.6 Å². The number of aryl methyl sites for hydroxylation is 2. The average molecular weight is 282 g/mol. The van der Waals surface area contributed by atoms with E-state index in [0.717, 1.165) is 11.1 Å². The third-order valence-corrected chi connectivity index (χ3v) is 4.19. The number of aromatic nitrogens is 1. The SMILES string of the molecule is CCc1nc(-c2ccc(C)c(Cl)c2)sc1C(=O)O. The van der Waals surface area contributed by atoms with E-state index < -0.39 is 5.97 Å². The number of rotatable bonds is 3. The van der Waals surface area contributed by atoms with Gasteiger partial charge in [0.2, 0.25) is 0 Å². The van der Waals surface area contributed by atoms with Gasteiger partial charge in [0, 0.05) is 10.6 Å². The largest absolute Gasteiger partial charge is 0.477 e. The average Bonchev–Trinajstić information content (AvgIpc) is 2.77. The van der Waals surface area contributed by atoms with Crippen LogP contribution in [0.5, 0.6) is 0 Å². The number of carbonyl (C=O) groups is 1. The zero-order valence-electron chi connectivity index (χ0n) is 10.0. The fourth-order valence-corrected chi connectivity index (χ4v) is 2.78. The summed E-state index contributed by atoms with van der Waals surface area (Å²) in [5.74, 6) is -0.922. The second kappa shape index (κ2) is 5.08. The smallest absolute Gasteiger partial charge is 0.347 e. The highest BCUT2D eigenvalue weighted by Gasteiger charge is 2.17. The van der Waals surface area contributed by atoms with Gasteiger partial charge in [0.15, 0.2) is 0 Å². The molecule has 0 saturated carbocycles. The van der Waals surface area contributed by atoms with Crippen molar-refractivity contribution in [3.63, 3.8) is 0 Å². The molecule has 0 saturated heterocycles. The molecule has 0 radical (unpaired) electrons. The van der Waals surface area contributed by atoms with Crippen LogP contribution < -0.4 is 0 Å². The number of carboxylic acid groups (broad SMARTS) is 1. The Morgan fingerprint density at radius 1 is 1.50 bits per heavy atom. The van der Waals surface area contributed by atoms with E-state index in [1.165, 1.54) is 11.3 Å². The lowest BCUT2D eigenvalue weighted by atomic mass is 10.1. The summed E-state index contributed by atoms with van der Waals surface area (Å²) in [4.78, 5) is 15.8. The lowest BCUT2D eigenvalue weighted by Gasteiger charge is -2.00. The molecule has 0 bridgehead atoms. The van der Waals surface area contributed by atoms with Crippen LogP contribution >= 0.6 is 22.9 Å². The number of hydrogen-bond acceptors (Lipinski definition) is 3. The molecule has 1 N–H and O–H groups in total. The van der Waals surface area contributed by atoms with E-state index in [1.54, 1.807) is 0 Å². The molecule has 1 aromatic carbocycles. The molecule has 3 nitrogen and oxygen atoms in total. The van der Waals surface area contributed by atoms with Gasteiger partial charge < -0.3 is 5.11 Å². The molecule has 0 aliphatic carbocycles. The second-order valence-electron chi connectivity index (χ2n) is 3.92. The number of nitrogens with zero attached hydrogens (tertiary/aromatic N) is 1. The van der Waals surface area contributed by atoms with Crippen molar-refractivity contribution in [1.29, 1.82) is 0 Å². The molecule has 5 heteroatoms. The van der Waals surface area contributed by atoms with Gasteiger partial charge in [0.1, 0.15) is 9.88 Å². The maximum atomic E-state index is 11.1. The highest BCUT2D eigenvalue weighted by molar-refractivity contribution is 7.17. The Kier molecular flexibility index (Phi) is 3.68. The second-order valence-corrected chi connectivity index (χ2v) is 5.32. The van der Waals surface area contributed by atoms with Gasteiger partial charge >= 0.3 is 5.97 Å². The first kappa shape index (κ1) is 13.1. The summed E-state index contributed by atoms with van der Waals surface area (Å²) in [6.07, 6.45) is 0.609. The standard InChI is InChI=1S/C13H12ClNO2S/c1-3-10-11(13(16)17)18-12(15-10)8-5-4-7(2)9(14)6-8/h4-6H,3H2,1-2H3,(H,16,17). The van der Waals surface area contributed by atoms with Crippen molar-refractivity contribution >= 4 is 28.9 Å². The maximum absolute atomic E-state index is 11.1. The van der Waals surface area contributed by atoms with Crippen LogP contribution in [0.15, 0.2) is 18.2 Å². The Hall–Kier alpha value is -1.39. The highest BCUT2D eigenvalue weighted by atomic mass is 35.5. The summed E-state index contributed by atoms with van der Waals surface area (Å²) in [5, 5.41) is 10.5. The van der Waals surface area contributed by atoms with Gasteiger partial charge in [0.05, 0.1) is 5.69 Å². The molecule has 94 valence electrons. The van der Waals surface area contributed by atoms with Crippen LogP contribution in [0.4, 0.5) is 0 Å². The van der Waals surface area contributed by atoms with E-state index in [-0.39, 0.29) is 0 Å². The normalized spacial score (nSPS) is 10.6. The van der Waals surface area contributed by atoms with Crippen LogP contribution in [0, 0.1) is 6.92 Å². The zero-order chi connectivity index (χ0) is 13.3. The molecular formula is C13H12ClNO2S. The zero-order valence-corrected chi connectivity index (χ0v) is 11.6. The van der Waals surface area contributed by atoms with Crippen LogP contribution in [0.2, 0.25) is 5.02 Å². The Morgan fingerprint density at radius 2 is 2.22 bits per heavy atom. The molecule has 0 amide bonds. The molecule has 0 atom stereocenters. The van der Waals surface area contributed by atoms with Gasteiger partial charge in [-0.1, -0.05) is 30.7 Å². The van der Waals surface area contributed by atoms with Crippen molar-refractivity contribution in [3.8, 4) is 10.6 Å². The molecule has 0 aliphatic heterocycles. The molecular weight excluding hydrogens is 270 g/mol. The summed E-state index contributed by atoms with van der Waals surface area (Å²) in [5.41, 5.74) is 2.48. The van der Waals surface area contributed by atoms with Crippen molar-refractivity contribution in [2.75, 3.05) is 0 Å². The van der Waals surface area contributed by atoms with E-state index in [4.69, 9.17) is 16.7 Å². The predicted octanol–water partition coefficient (Wildman–Crippen LogP) is 4.03. The highest BCUT2D eigenvalue weighted by Crippen LogP contribution is 2.31. The van der Waals surface area contributed by atoms with Crippen molar-refractivity contribution < 1.29 is 9.90 Å². The summed E-state index contributed by atoms with van der Waals surface area (Å²) in [6.45, 7) is 3.82. The third kappa shape index (κ3) is 2.40. The van der Waals surface area contributed by atoms with Crippen LogP contribution in [-0.4, -0.2) is 16.1 Å². The van der Waals surface area contributed by atoms with E-state index in [9.17, 15) is 4.79 Å². The van der Waals surface area contributed by atoms with Gasteiger partial charge in [-0.05, 0) is 25.0 Å². The number of aromatic carboxylic acids is 1. The van der Waals surface area contributed by atoms with Gasteiger partial charge in [-0.15, -0.1) is 11.3 Å². The molecule has 1 heterocycles. The monoisotopic (exact) mass is 281 g/mol. The van der Waals surface area contributed by atoms with Gasteiger partial charge in [-0.25, -0.2) is 9.78 Å². The summed E-state index contributed by atoms with van der Waals surface area (Å²) >= 11 is 7.26. The van der Waals surface area contributed by atoms with Crippen molar-refractivity contribution in [2.45, 2.75) is 20.3 Å². The van der Waals surface area contributed by atoms with Crippen molar-refractivity contribution in [3.05, 3.63) is 39.4 Å². The van der Waals surface area contributed by atoms with Crippen LogP contribution in [0.3, 0.4) is 0 Å². The minimum atomic E-state index is -0.922. The van der Waals surface area contributed by atoms with Crippen molar-refractivity contribution in [1.82, 2.24) is 4.98 Å². The first-order valence-electron chi connectivity index (χ1n) is 5.52. The van der Waals surface area contributed by atoms with E-state index in [1.807, 2.05) is 32.0 Å². The van der Waals surface area contributed by atoms with Crippen LogP contribution in [-0.2, 0) is 6.42 Å². The topological polar surface area (TPSA) is 50.2 Å². The van der Waals surface area contributed by atoms with E-state index >= 15 is 0 Å². The number of carboxylic acids is 1. The fraction of sp³-hybridized carbons (Fsp3) is 0.231. The number of halogens is 1. The summed E-state index contributed by atoms with van der Waals surface area (Å²) in [6, 6.07) is 5.64. The van der Waals surface area contributed by atoms with E-state index in [0.29, 0.717) is 27.0 Å². The molecule has 0 aliphatic rings. The van der Waals surface area contributed by atoms with Gasteiger partial charge in [-0.3, -0.25) is 0 Å².